The Hall–Kier alpha value is -9.11. The lowest BCUT2D eigenvalue weighted by molar-refractivity contribution is -0.159. The molecule has 109 heavy (non-hydrogen) atoms. The summed E-state index contributed by atoms with van der Waals surface area (Å²) in [5.74, 6) is -1.46. The fourth-order valence-electron chi connectivity index (χ4n) is 10.7. The Morgan fingerprint density at radius 2 is 0.761 bits per heavy atom. The van der Waals surface area contributed by atoms with Crippen LogP contribution in [-0.2, 0) is 106 Å². The van der Waals surface area contributed by atoms with Gasteiger partial charge >= 0.3 is 41.8 Å². The molecular formula is C82H124N8O19. The molecule has 4 amide bonds. The zero-order valence-electron chi connectivity index (χ0n) is 68.4. The number of nitrogens with zero attached hydrogens (tertiary/aromatic N) is 4. The predicted molar refractivity (Wildman–Crippen MR) is 412 cm³/mol. The van der Waals surface area contributed by atoms with Gasteiger partial charge < -0.3 is 68.6 Å². The van der Waals surface area contributed by atoms with Crippen molar-refractivity contribution in [3.05, 3.63) is 107 Å². The van der Waals surface area contributed by atoms with Crippen LogP contribution in [0.5, 0.6) is 23.0 Å². The number of rotatable bonds is 43. The first-order valence-corrected chi connectivity index (χ1v) is 37.7. The highest BCUT2D eigenvalue weighted by Crippen LogP contribution is 2.27. The van der Waals surface area contributed by atoms with Crippen LogP contribution in [-0.4, -0.2) is 173 Å². The largest absolute Gasteiger partial charge is 0.497 e. The standard InChI is InChI=1S/C82H124N8O19/c1-77(2,3)104-70(93)44-35-59-33-42-67(103-55-57-30-38-61(101-20)39-31-57)65(86-59)51-90(53-73(96)107-80(10,11)12)49-48-89(52-72(95)106-79(7,8)9)50-64-66(102-54-56-28-36-60(100-19)37-29-56)41-32-58(85-64)34-43-69(92)84-46-24-21-22-27-68(91)83-47-25-23-26-62(74(97)108-81(13,14)15)87-76(99)88-63(75(98)109-82(16,17)18)40-45-71(94)105-78(4,5)6/h28-33,36-39,41-42,62-63H,21-27,34-35,40,43-55H2,1-20H3,(H,83,91)(H,84,92)(H2,87,88,99)/t62-,63-/m0/s1. The van der Waals surface area contributed by atoms with Crippen molar-refractivity contribution in [2.75, 3.05) is 53.5 Å². The van der Waals surface area contributed by atoms with Crippen molar-refractivity contribution >= 4 is 53.7 Å². The lowest BCUT2D eigenvalue weighted by Crippen LogP contribution is -2.53. The van der Waals surface area contributed by atoms with Crippen molar-refractivity contribution in [1.82, 2.24) is 41.0 Å². The number of aromatic nitrogens is 2. The third-order valence-electron chi connectivity index (χ3n) is 15.4. The van der Waals surface area contributed by atoms with Crippen LogP contribution in [0.1, 0.15) is 229 Å². The van der Waals surface area contributed by atoms with Crippen molar-refractivity contribution < 1.29 is 90.5 Å². The highest BCUT2D eigenvalue weighted by Gasteiger charge is 2.33. The van der Waals surface area contributed by atoms with E-state index in [0.717, 1.165) is 11.1 Å². The van der Waals surface area contributed by atoms with E-state index >= 15 is 0 Å². The number of methoxy groups -OCH3 is 2. The number of benzene rings is 2. The Balaban J connectivity index is 1.45. The number of nitrogens with one attached hydrogen (secondary N) is 4. The lowest BCUT2D eigenvalue weighted by atomic mass is 10.1. The number of carbonyl (C=O) groups excluding carboxylic acids is 9. The van der Waals surface area contributed by atoms with Gasteiger partial charge in [0.2, 0.25) is 11.8 Å². The number of carbonyl (C=O) groups is 9. The maximum absolute atomic E-state index is 13.9. The van der Waals surface area contributed by atoms with Gasteiger partial charge in [-0.05, 0) is 229 Å². The molecule has 2 aromatic carbocycles. The molecule has 0 aliphatic carbocycles. The first kappa shape index (κ1) is 92.3. The summed E-state index contributed by atoms with van der Waals surface area (Å²) in [6.07, 6.45) is 3.60. The van der Waals surface area contributed by atoms with Crippen molar-refractivity contribution in [1.29, 1.82) is 0 Å². The number of hydrogen-bond acceptors (Lipinski definition) is 23. The Morgan fingerprint density at radius 3 is 1.17 bits per heavy atom. The molecular weight excluding hydrogens is 1400 g/mol. The van der Waals surface area contributed by atoms with Gasteiger partial charge in [0.1, 0.15) is 81.9 Å². The molecule has 0 aliphatic rings. The van der Waals surface area contributed by atoms with Gasteiger partial charge in [0, 0.05) is 76.3 Å². The van der Waals surface area contributed by atoms with Crippen molar-refractivity contribution in [3.8, 4) is 23.0 Å². The quantitative estimate of drug-likeness (QED) is 0.0182. The molecule has 0 radical (unpaired) electrons. The van der Waals surface area contributed by atoms with Crippen LogP contribution in [0.3, 0.4) is 0 Å². The number of ether oxygens (including phenoxy) is 10. The van der Waals surface area contributed by atoms with Gasteiger partial charge in [0.25, 0.3) is 0 Å². The highest BCUT2D eigenvalue weighted by molar-refractivity contribution is 5.88. The van der Waals surface area contributed by atoms with Crippen molar-refractivity contribution in [2.24, 2.45) is 0 Å². The number of hydrogen-bond donors (Lipinski definition) is 4. The number of aryl methyl sites for hydroxylation is 2. The van der Waals surface area contributed by atoms with Gasteiger partial charge in [-0.1, -0.05) is 30.7 Å². The first-order chi connectivity index (χ1) is 50.8. The summed E-state index contributed by atoms with van der Waals surface area (Å²) in [4.78, 5) is 133. The van der Waals surface area contributed by atoms with Gasteiger partial charge in [-0.15, -0.1) is 0 Å². The molecule has 2 aromatic heterocycles. The van der Waals surface area contributed by atoms with E-state index < -0.39 is 81.6 Å². The molecule has 0 saturated heterocycles. The van der Waals surface area contributed by atoms with E-state index in [0.29, 0.717) is 91.0 Å². The van der Waals surface area contributed by atoms with E-state index in [1.807, 2.05) is 85.2 Å². The monoisotopic (exact) mass is 1520 g/mol. The maximum atomic E-state index is 13.9. The van der Waals surface area contributed by atoms with Gasteiger partial charge in [0.05, 0.1) is 45.1 Å². The Kier molecular flexibility index (Phi) is 37.2. The fraction of sp³-hybridized carbons (Fsp3) is 0.622. The second kappa shape index (κ2) is 43.9. The molecule has 4 N–H and O–H groups in total. The molecule has 2 heterocycles. The summed E-state index contributed by atoms with van der Waals surface area (Å²) in [6, 6.07) is 19.0. The van der Waals surface area contributed by atoms with E-state index in [4.69, 9.17) is 57.3 Å². The Labute approximate surface area is 645 Å². The zero-order chi connectivity index (χ0) is 81.3. The van der Waals surface area contributed by atoms with Crippen LogP contribution in [0.15, 0.2) is 72.8 Å². The van der Waals surface area contributed by atoms with E-state index in [1.165, 1.54) is 0 Å². The second-order valence-electron chi connectivity index (χ2n) is 32.9. The van der Waals surface area contributed by atoms with Gasteiger partial charge in [-0.25, -0.2) is 14.4 Å². The molecule has 4 rings (SSSR count). The van der Waals surface area contributed by atoms with Crippen LogP contribution in [0.25, 0.3) is 0 Å². The molecule has 0 spiro atoms. The zero-order valence-corrected chi connectivity index (χ0v) is 68.4. The van der Waals surface area contributed by atoms with Crippen LogP contribution in [0.2, 0.25) is 0 Å². The highest BCUT2D eigenvalue weighted by atomic mass is 16.6. The minimum absolute atomic E-state index is 0.0728. The maximum Gasteiger partial charge on any atom is 0.329 e. The number of esters is 6. The van der Waals surface area contributed by atoms with Crippen molar-refractivity contribution in [3.63, 3.8) is 0 Å². The van der Waals surface area contributed by atoms with E-state index in [1.54, 1.807) is 136 Å². The predicted octanol–water partition coefficient (Wildman–Crippen LogP) is 11.7. The summed E-state index contributed by atoms with van der Waals surface area (Å²) in [7, 11) is 3.19. The van der Waals surface area contributed by atoms with E-state index in [9.17, 15) is 43.2 Å². The molecule has 0 fully saturated rings. The SMILES string of the molecule is COc1ccc(COc2ccc(CCC(=O)NCCCCCC(=O)NCCCC[C@H](NC(=O)N[C@@H](CCC(=O)OC(C)(C)C)C(=O)OC(C)(C)C)C(=O)OC(C)(C)C)nc2CN(CCN(CC(=O)OC(C)(C)C)Cc2nc(CCC(=O)OC(C)(C)C)ccc2OCc2ccc(OC)cc2)CC(=O)OC(C)(C)C)cc1. The second-order valence-corrected chi connectivity index (χ2v) is 32.9. The van der Waals surface area contributed by atoms with Crippen LogP contribution < -0.4 is 40.2 Å². The van der Waals surface area contributed by atoms with Crippen LogP contribution in [0, 0.1) is 0 Å². The molecule has 2 atom stereocenters. The normalized spacial score (nSPS) is 12.6. The van der Waals surface area contributed by atoms with Gasteiger partial charge in [-0.2, -0.15) is 0 Å². The summed E-state index contributed by atoms with van der Waals surface area (Å²) in [5.41, 5.74) is -0.913. The van der Waals surface area contributed by atoms with Gasteiger partial charge in [-0.3, -0.25) is 48.5 Å². The Bertz CT molecular complexity index is 3560. The topological polar surface area (TPSA) is 326 Å². The third-order valence-corrected chi connectivity index (χ3v) is 15.4. The summed E-state index contributed by atoms with van der Waals surface area (Å²) in [6.45, 7) is 32.7. The minimum atomic E-state index is -1.23. The van der Waals surface area contributed by atoms with E-state index in [2.05, 4.69) is 21.3 Å². The molecule has 0 saturated carbocycles. The van der Waals surface area contributed by atoms with Gasteiger partial charge in [0.15, 0.2) is 0 Å². The first-order valence-electron chi connectivity index (χ1n) is 37.7. The third kappa shape index (κ3) is 41.3. The fourth-order valence-corrected chi connectivity index (χ4v) is 10.7. The smallest absolute Gasteiger partial charge is 0.329 e. The molecule has 27 heteroatoms. The van der Waals surface area contributed by atoms with Crippen molar-refractivity contribution in [2.45, 2.75) is 280 Å². The minimum Gasteiger partial charge on any atom is -0.497 e. The summed E-state index contributed by atoms with van der Waals surface area (Å²) >= 11 is 0. The number of urea groups is 1. The van der Waals surface area contributed by atoms with Crippen LogP contribution >= 0.6 is 0 Å². The molecule has 606 valence electrons. The average Bonchev–Trinajstić information content (AvgIpc) is 0.840. The molecule has 0 unspecified atom stereocenters. The molecule has 4 aromatic rings. The van der Waals surface area contributed by atoms with Crippen LogP contribution in [0.4, 0.5) is 4.79 Å². The van der Waals surface area contributed by atoms with E-state index in [-0.39, 0.29) is 122 Å². The molecule has 0 aliphatic heterocycles. The lowest BCUT2D eigenvalue weighted by Gasteiger charge is -2.29. The number of pyridine rings is 2. The summed E-state index contributed by atoms with van der Waals surface area (Å²) in [5, 5.41) is 11.1. The summed E-state index contributed by atoms with van der Waals surface area (Å²) < 4.78 is 57.6. The Morgan fingerprint density at radius 1 is 0.394 bits per heavy atom. The molecule has 27 nitrogen and oxygen atoms in total. The number of unbranched alkanes of at least 4 members (excludes halogenated alkanes) is 3. The number of amides is 4. The molecule has 0 bridgehead atoms. The average molecular weight is 1530 g/mol.